The van der Waals surface area contributed by atoms with Crippen LogP contribution in [0.5, 0.6) is 0 Å². The van der Waals surface area contributed by atoms with Gasteiger partial charge in [0.15, 0.2) is 0 Å². The van der Waals surface area contributed by atoms with Crippen LogP contribution >= 0.6 is 0 Å². The molecule has 0 radical (unpaired) electrons. The Labute approximate surface area is 195 Å². The third-order valence-electron chi connectivity index (χ3n) is 5.54. The van der Waals surface area contributed by atoms with Crippen LogP contribution in [0, 0.1) is 19.7 Å². The molecule has 1 atom stereocenters. The molecule has 2 rings (SSSR count). The predicted molar refractivity (Wildman–Crippen MR) is 128 cm³/mol. The van der Waals surface area contributed by atoms with E-state index in [-0.39, 0.29) is 18.0 Å². The highest BCUT2D eigenvalue weighted by Gasteiger charge is 2.31. The average molecular weight is 478 g/mol. The van der Waals surface area contributed by atoms with E-state index >= 15 is 0 Å². The quantitative estimate of drug-likeness (QED) is 0.570. The summed E-state index contributed by atoms with van der Waals surface area (Å²) in [6.45, 7) is 6.84. The van der Waals surface area contributed by atoms with Gasteiger partial charge in [0.25, 0.3) is 0 Å². The zero-order valence-corrected chi connectivity index (χ0v) is 20.6. The smallest absolute Gasteiger partial charge is 0.244 e. The van der Waals surface area contributed by atoms with Crippen LogP contribution in [-0.4, -0.2) is 50.5 Å². The standard InChI is InChI=1S/C24H32FN3O4S/c1-6-14-26-24(30)19(4)27(15-20-11-7-8-12-21(20)25)23(29)16-28(33(5,31)32)22-13-9-10-17(2)18(22)3/h7-13,19H,6,14-16H2,1-5H3,(H,26,30)/t19-/m1/s1. The molecule has 0 bridgehead atoms. The minimum Gasteiger partial charge on any atom is -0.354 e. The second kappa shape index (κ2) is 11.3. The summed E-state index contributed by atoms with van der Waals surface area (Å²) in [4.78, 5) is 27.3. The van der Waals surface area contributed by atoms with E-state index in [1.54, 1.807) is 32.0 Å². The molecular weight excluding hydrogens is 445 g/mol. The first kappa shape index (κ1) is 26.3. The van der Waals surface area contributed by atoms with Gasteiger partial charge in [0.05, 0.1) is 11.9 Å². The number of nitrogens with zero attached hydrogens (tertiary/aromatic N) is 2. The highest BCUT2D eigenvalue weighted by atomic mass is 32.2. The molecule has 0 saturated carbocycles. The molecule has 180 valence electrons. The van der Waals surface area contributed by atoms with Gasteiger partial charge in [0.1, 0.15) is 18.4 Å². The number of rotatable bonds is 10. The molecule has 33 heavy (non-hydrogen) atoms. The van der Waals surface area contributed by atoms with Crippen molar-refractivity contribution in [2.75, 3.05) is 23.7 Å². The van der Waals surface area contributed by atoms with Gasteiger partial charge in [0.2, 0.25) is 21.8 Å². The Morgan fingerprint density at radius 2 is 1.76 bits per heavy atom. The molecule has 0 aliphatic heterocycles. The summed E-state index contributed by atoms with van der Waals surface area (Å²) in [5, 5.41) is 2.74. The summed E-state index contributed by atoms with van der Waals surface area (Å²) >= 11 is 0. The van der Waals surface area contributed by atoms with Crippen molar-refractivity contribution in [2.45, 2.75) is 46.7 Å². The van der Waals surface area contributed by atoms with Crippen LogP contribution in [0.3, 0.4) is 0 Å². The summed E-state index contributed by atoms with van der Waals surface area (Å²) in [5.41, 5.74) is 2.23. The van der Waals surface area contributed by atoms with E-state index in [2.05, 4.69) is 5.32 Å². The van der Waals surface area contributed by atoms with Gasteiger partial charge in [-0.3, -0.25) is 13.9 Å². The average Bonchev–Trinajstić information content (AvgIpc) is 2.76. The number of hydrogen-bond acceptors (Lipinski definition) is 4. The molecule has 0 fully saturated rings. The van der Waals surface area contributed by atoms with Gasteiger partial charge in [-0.25, -0.2) is 12.8 Å². The largest absolute Gasteiger partial charge is 0.354 e. The fraction of sp³-hybridized carbons (Fsp3) is 0.417. The number of aryl methyl sites for hydroxylation is 1. The van der Waals surface area contributed by atoms with Crippen molar-refractivity contribution in [1.29, 1.82) is 0 Å². The van der Waals surface area contributed by atoms with Crippen molar-refractivity contribution in [2.24, 2.45) is 0 Å². The predicted octanol–water partition coefficient (Wildman–Crippen LogP) is 3.15. The first-order chi connectivity index (χ1) is 15.5. The van der Waals surface area contributed by atoms with E-state index in [4.69, 9.17) is 0 Å². The number of carbonyl (C=O) groups is 2. The van der Waals surface area contributed by atoms with Gasteiger partial charge in [-0.2, -0.15) is 0 Å². The van der Waals surface area contributed by atoms with Crippen LogP contribution in [0.1, 0.15) is 37.0 Å². The van der Waals surface area contributed by atoms with E-state index in [1.807, 2.05) is 19.9 Å². The topological polar surface area (TPSA) is 86.8 Å². The second-order valence-corrected chi connectivity index (χ2v) is 9.98. The summed E-state index contributed by atoms with van der Waals surface area (Å²) < 4.78 is 40.6. The monoisotopic (exact) mass is 477 g/mol. The number of hydrogen-bond donors (Lipinski definition) is 1. The summed E-state index contributed by atoms with van der Waals surface area (Å²) in [6.07, 6.45) is 1.74. The Bertz CT molecular complexity index is 1100. The molecule has 9 heteroatoms. The number of benzene rings is 2. The lowest BCUT2D eigenvalue weighted by Crippen LogP contribution is -2.51. The van der Waals surface area contributed by atoms with Gasteiger partial charge in [-0.15, -0.1) is 0 Å². The van der Waals surface area contributed by atoms with E-state index in [1.165, 1.54) is 23.1 Å². The number of anilines is 1. The normalized spacial score (nSPS) is 12.2. The highest BCUT2D eigenvalue weighted by molar-refractivity contribution is 7.92. The Morgan fingerprint density at radius 3 is 2.36 bits per heavy atom. The molecule has 0 heterocycles. The molecule has 2 aromatic carbocycles. The minimum atomic E-state index is -3.82. The molecule has 7 nitrogen and oxygen atoms in total. The van der Waals surface area contributed by atoms with Gasteiger partial charge < -0.3 is 10.2 Å². The molecule has 0 aliphatic rings. The molecule has 2 amide bonds. The van der Waals surface area contributed by atoms with Crippen molar-refractivity contribution >= 4 is 27.5 Å². The highest BCUT2D eigenvalue weighted by Crippen LogP contribution is 2.25. The summed E-state index contributed by atoms with van der Waals surface area (Å²) in [7, 11) is -3.82. The lowest BCUT2D eigenvalue weighted by molar-refractivity contribution is -0.139. The van der Waals surface area contributed by atoms with Crippen LogP contribution in [0.2, 0.25) is 0 Å². The van der Waals surface area contributed by atoms with Crippen LogP contribution < -0.4 is 9.62 Å². The van der Waals surface area contributed by atoms with Gasteiger partial charge >= 0.3 is 0 Å². The van der Waals surface area contributed by atoms with Crippen LogP contribution in [0.25, 0.3) is 0 Å². The Balaban J connectivity index is 2.43. The third-order valence-corrected chi connectivity index (χ3v) is 6.67. The number of halogens is 1. The molecule has 2 aromatic rings. The van der Waals surface area contributed by atoms with Crippen molar-refractivity contribution < 1.29 is 22.4 Å². The maximum Gasteiger partial charge on any atom is 0.244 e. The van der Waals surface area contributed by atoms with E-state index < -0.39 is 34.3 Å². The van der Waals surface area contributed by atoms with Gasteiger partial charge in [0, 0.05) is 18.7 Å². The lowest BCUT2D eigenvalue weighted by atomic mass is 10.1. The summed E-state index contributed by atoms with van der Waals surface area (Å²) in [6, 6.07) is 10.3. The fourth-order valence-electron chi connectivity index (χ4n) is 3.39. The molecular formula is C24H32FN3O4S. The third kappa shape index (κ3) is 6.77. The Morgan fingerprint density at radius 1 is 1.09 bits per heavy atom. The zero-order valence-electron chi connectivity index (χ0n) is 19.8. The molecule has 0 aliphatic carbocycles. The minimum absolute atomic E-state index is 0.170. The van der Waals surface area contributed by atoms with Crippen molar-refractivity contribution in [3.8, 4) is 0 Å². The van der Waals surface area contributed by atoms with Crippen LogP contribution in [0.15, 0.2) is 42.5 Å². The first-order valence-corrected chi connectivity index (χ1v) is 12.7. The van der Waals surface area contributed by atoms with Crippen molar-refractivity contribution in [1.82, 2.24) is 10.2 Å². The Hall–Kier alpha value is -2.94. The Kier molecular flexibility index (Phi) is 8.99. The molecule has 0 spiro atoms. The zero-order chi connectivity index (χ0) is 24.8. The number of sulfonamides is 1. The molecule has 1 N–H and O–H groups in total. The fourth-order valence-corrected chi connectivity index (χ4v) is 4.29. The maximum atomic E-state index is 14.3. The van der Waals surface area contributed by atoms with Gasteiger partial charge in [-0.05, 0) is 50.5 Å². The second-order valence-electron chi connectivity index (χ2n) is 8.07. The number of amides is 2. The van der Waals surface area contributed by atoms with Crippen LogP contribution in [0.4, 0.5) is 10.1 Å². The van der Waals surface area contributed by atoms with E-state index in [9.17, 15) is 22.4 Å². The van der Waals surface area contributed by atoms with Crippen molar-refractivity contribution in [3.63, 3.8) is 0 Å². The van der Waals surface area contributed by atoms with E-state index in [0.717, 1.165) is 21.7 Å². The first-order valence-electron chi connectivity index (χ1n) is 10.8. The lowest BCUT2D eigenvalue weighted by Gasteiger charge is -2.32. The SMILES string of the molecule is CCCNC(=O)[C@@H](C)N(Cc1ccccc1F)C(=O)CN(c1cccc(C)c1C)S(C)(=O)=O. The van der Waals surface area contributed by atoms with Crippen molar-refractivity contribution in [3.05, 3.63) is 65.0 Å². The number of nitrogens with one attached hydrogen (secondary N) is 1. The molecule has 0 saturated heterocycles. The maximum absolute atomic E-state index is 14.3. The number of carbonyl (C=O) groups excluding carboxylic acids is 2. The van der Waals surface area contributed by atoms with E-state index in [0.29, 0.717) is 18.7 Å². The molecule has 0 unspecified atom stereocenters. The van der Waals surface area contributed by atoms with Crippen LogP contribution in [-0.2, 0) is 26.2 Å². The van der Waals surface area contributed by atoms with Gasteiger partial charge in [-0.1, -0.05) is 37.3 Å². The summed E-state index contributed by atoms with van der Waals surface area (Å²) in [5.74, 6) is -1.51. The molecule has 0 aromatic heterocycles.